The van der Waals surface area contributed by atoms with Crippen molar-refractivity contribution in [1.82, 2.24) is 4.90 Å². The van der Waals surface area contributed by atoms with E-state index in [1.807, 2.05) is 4.90 Å². The summed E-state index contributed by atoms with van der Waals surface area (Å²) >= 11 is 5.97. The Balaban J connectivity index is 2.09. The Morgan fingerprint density at radius 3 is 2.60 bits per heavy atom. The van der Waals surface area contributed by atoms with Gasteiger partial charge in [0, 0.05) is 18.1 Å². The first-order valence-corrected chi connectivity index (χ1v) is 7.27. The molecule has 2 amide bonds. The number of nitrogens with zero attached hydrogens (tertiary/aromatic N) is 1. The molecule has 5 heteroatoms. The first-order valence-electron chi connectivity index (χ1n) is 6.89. The molecule has 20 heavy (non-hydrogen) atoms. The molecule has 1 fully saturated rings. The number of amides is 2. The monoisotopic (exact) mass is 296 g/mol. The van der Waals surface area contributed by atoms with E-state index >= 15 is 0 Å². The average molecular weight is 297 g/mol. The number of ether oxygens (including phenoxy) is 1. The van der Waals surface area contributed by atoms with Crippen LogP contribution in [0.2, 0.25) is 5.02 Å². The third-order valence-corrected chi connectivity index (χ3v) is 3.79. The Hall–Kier alpha value is -1.42. The lowest BCUT2D eigenvalue weighted by Crippen LogP contribution is -2.44. The molecule has 1 heterocycles. The van der Waals surface area contributed by atoms with Crippen molar-refractivity contribution in [3.8, 4) is 5.75 Å². The van der Waals surface area contributed by atoms with E-state index in [0.29, 0.717) is 28.3 Å². The Morgan fingerprint density at radius 2 is 2.00 bits per heavy atom. The SMILES string of the molecule is COc1ccc(Cl)cc1NC(=O)N1C[C@@H](C)C[C@H](C)C1. The maximum Gasteiger partial charge on any atom is 0.321 e. The first kappa shape index (κ1) is 15.0. The fourth-order valence-corrected chi connectivity index (χ4v) is 2.97. The fourth-order valence-electron chi connectivity index (χ4n) is 2.80. The number of hydrogen-bond donors (Lipinski definition) is 1. The average Bonchev–Trinajstić information content (AvgIpc) is 2.37. The number of nitrogens with one attached hydrogen (secondary N) is 1. The van der Waals surface area contributed by atoms with E-state index in [-0.39, 0.29) is 6.03 Å². The highest BCUT2D eigenvalue weighted by Crippen LogP contribution is 2.28. The number of methoxy groups -OCH3 is 1. The molecule has 0 aromatic heterocycles. The van der Waals surface area contributed by atoms with Crippen molar-refractivity contribution in [2.45, 2.75) is 20.3 Å². The van der Waals surface area contributed by atoms with Crippen LogP contribution in [0.4, 0.5) is 10.5 Å². The van der Waals surface area contributed by atoms with Gasteiger partial charge in [0.1, 0.15) is 5.75 Å². The molecule has 0 radical (unpaired) electrons. The molecule has 4 nitrogen and oxygen atoms in total. The van der Waals surface area contributed by atoms with Crippen LogP contribution in [0.25, 0.3) is 0 Å². The van der Waals surface area contributed by atoms with Gasteiger partial charge in [-0.05, 0) is 36.5 Å². The summed E-state index contributed by atoms with van der Waals surface area (Å²) in [5.74, 6) is 1.68. The fraction of sp³-hybridized carbons (Fsp3) is 0.533. The molecule has 1 aromatic carbocycles. The summed E-state index contributed by atoms with van der Waals surface area (Å²) in [6, 6.07) is 5.10. The molecule has 1 aliphatic rings. The number of carbonyl (C=O) groups is 1. The molecule has 0 bridgehead atoms. The van der Waals surface area contributed by atoms with Gasteiger partial charge < -0.3 is 15.0 Å². The summed E-state index contributed by atoms with van der Waals surface area (Å²) in [5.41, 5.74) is 0.607. The van der Waals surface area contributed by atoms with Gasteiger partial charge >= 0.3 is 6.03 Å². The van der Waals surface area contributed by atoms with Crippen molar-refractivity contribution in [2.24, 2.45) is 11.8 Å². The predicted molar refractivity (Wildman–Crippen MR) is 81.5 cm³/mol. The third-order valence-electron chi connectivity index (χ3n) is 3.56. The molecule has 0 unspecified atom stereocenters. The molecule has 110 valence electrons. The second-order valence-electron chi connectivity index (χ2n) is 5.63. The zero-order chi connectivity index (χ0) is 14.7. The largest absolute Gasteiger partial charge is 0.495 e. The quantitative estimate of drug-likeness (QED) is 0.900. The number of anilines is 1. The molecule has 0 aliphatic carbocycles. The number of benzene rings is 1. The van der Waals surface area contributed by atoms with Crippen LogP contribution in [0.1, 0.15) is 20.3 Å². The summed E-state index contributed by atoms with van der Waals surface area (Å²) in [6.45, 7) is 5.93. The van der Waals surface area contributed by atoms with Gasteiger partial charge in [-0.1, -0.05) is 25.4 Å². The summed E-state index contributed by atoms with van der Waals surface area (Å²) in [7, 11) is 1.57. The highest BCUT2D eigenvalue weighted by Gasteiger charge is 2.25. The van der Waals surface area contributed by atoms with Crippen molar-refractivity contribution in [3.05, 3.63) is 23.2 Å². The standard InChI is InChI=1S/C15H21ClN2O2/c1-10-6-11(2)9-18(8-10)15(19)17-13-7-12(16)4-5-14(13)20-3/h4-5,7,10-11H,6,8-9H2,1-3H3,(H,17,19)/t10-,11-/m0/s1. The molecule has 1 aliphatic heterocycles. The van der Waals surface area contributed by atoms with Gasteiger partial charge in [0.15, 0.2) is 0 Å². The highest BCUT2D eigenvalue weighted by molar-refractivity contribution is 6.31. The predicted octanol–water partition coefficient (Wildman–Crippen LogP) is 3.86. The van der Waals surface area contributed by atoms with Crippen molar-refractivity contribution >= 4 is 23.3 Å². The minimum Gasteiger partial charge on any atom is -0.495 e. The van der Waals surface area contributed by atoms with E-state index in [2.05, 4.69) is 19.2 Å². The van der Waals surface area contributed by atoms with Crippen LogP contribution in [0.15, 0.2) is 18.2 Å². The van der Waals surface area contributed by atoms with Gasteiger partial charge in [0.25, 0.3) is 0 Å². The van der Waals surface area contributed by atoms with Gasteiger partial charge in [-0.2, -0.15) is 0 Å². The van der Waals surface area contributed by atoms with E-state index in [0.717, 1.165) is 13.1 Å². The lowest BCUT2D eigenvalue weighted by atomic mass is 9.92. The number of carbonyl (C=O) groups excluding carboxylic acids is 1. The summed E-state index contributed by atoms with van der Waals surface area (Å²) in [4.78, 5) is 14.2. The van der Waals surface area contributed by atoms with Crippen LogP contribution in [0.3, 0.4) is 0 Å². The van der Waals surface area contributed by atoms with E-state index in [4.69, 9.17) is 16.3 Å². The van der Waals surface area contributed by atoms with E-state index < -0.39 is 0 Å². The number of halogens is 1. The molecule has 1 saturated heterocycles. The van der Waals surface area contributed by atoms with E-state index in [1.54, 1.807) is 25.3 Å². The molecule has 0 spiro atoms. The summed E-state index contributed by atoms with van der Waals surface area (Å²) < 4.78 is 5.24. The number of urea groups is 1. The van der Waals surface area contributed by atoms with Gasteiger partial charge in [-0.15, -0.1) is 0 Å². The first-order chi connectivity index (χ1) is 9.49. The Bertz CT molecular complexity index is 483. The number of rotatable bonds is 2. The number of hydrogen-bond acceptors (Lipinski definition) is 2. The highest BCUT2D eigenvalue weighted by atomic mass is 35.5. The zero-order valence-corrected chi connectivity index (χ0v) is 12.9. The van der Waals surface area contributed by atoms with E-state index in [9.17, 15) is 4.79 Å². The maximum atomic E-state index is 12.4. The molecule has 2 atom stereocenters. The third kappa shape index (κ3) is 3.57. The normalized spacial score (nSPS) is 22.5. The Labute approximate surface area is 125 Å². The van der Waals surface area contributed by atoms with Crippen LogP contribution in [-0.4, -0.2) is 31.1 Å². The van der Waals surface area contributed by atoms with Crippen LogP contribution in [-0.2, 0) is 0 Å². The summed E-state index contributed by atoms with van der Waals surface area (Å²) in [5, 5.41) is 3.46. The van der Waals surface area contributed by atoms with Crippen LogP contribution >= 0.6 is 11.6 Å². The molecular formula is C15H21ClN2O2. The van der Waals surface area contributed by atoms with Crippen molar-refractivity contribution < 1.29 is 9.53 Å². The molecular weight excluding hydrogens is 276 g/mol. The minimum atomic E-state index is -0.0935. The van der Waals surface area contributed by atoms with Crippen LogP contribution in [0.5, 0.6) is 5.75 Å². The van der Waals surface area contributed by atoms with Gasteiger partial charge in [-0.3, -0.25) is 0 Å². The van der Waals surface area contributed by atoms with Gasteiger partial charge in [-0.25, -0.2) is 4.79 Å². The Kier molecular flexibility index (Phi) is 4.76. The molecule has 2 rings (SSSR count). The topological polar surface area (TPSA) is 41.6 Å². The number of likely N-dealkylation sites (tertiary alicyclic amines) is 1. The van der Waals surface area contributed by atoms with E-state index in [1.165, 1.54) is 6.42 Å². The van der Waals surface area contributed by atoms with Gasteiger partial charge in [0.05, 0.1) is 12.8 Å². The van der Waals surface area contributed by atoms with Crippen molar-refractivity contribution in [3.63, 3.8) is 0 Å². The van der Waals surface area contributed by atoms with Crippen molar-refractivity contribution in [2.75, 3.05) is 25.5 Å². The second-order valence-corrected chi connectivity index (χ2v) is 6.06. The summed E-state index contributed by atoms with van der Waals surface area (Å²) in [6.07, 6.45) is 1.17. The molecule has 1 aromatic rings. The second kappa shape index (κ2) is 6.35. The maximum absolute atomic E-state index is 12.4. The minimum absolute atomic E-state index is 0.0935. The molecule has 0 saturated carbocycles. The zero-order valence-electron chi connectivity index (χ0n) is 12.1. The van der Waals surface area contributed by atoms with Crippen LogP contribution in [0, 0.1) is 11.8 Å². The lowest BCUT2D eigenvalue weighted by molar-refractivity contribution is 0.156. The van der Waals surface area contributed by atoms with Crippen molar-refractivity contribution in [1.29, 1.82) is 0 Å². The smallest absolute Gasteiger partial charge is 0.321 e. The lowest BCUT2D eigenvalue weighted by Gasteiger charge is -2.35. The van der Waals surface area contributed by atoms with Crippen LogP contribution < -0.4 is 10.1 Å². The van der Waals surface area contributed by atoms with Gasteiger partial charge in [0.2, 0.25) is 0 Å². The molecule has 1 N–H and O–H groups in total. The number of piperidine rings is 1. The Morgan fingerprint density at radius 1 is 1.35 bits per heavy atom.